The average Bonchev–Trinajstić information content (AvgIpc) is 3.43. The molecule has 0 fully saturated rings. The fraction of sp³-hybridized carbons (Fsp3) is 0.240. The first-order chi connectivity index (χ1) is 16.6. The van der Waals surface area contributed by atoms with Crippen LogP contribution in [-0.2, 0) is 17.7 Å². The number of aromatic nitrogens is 1. The van der Waals surface area contributed by atoms with Gasteiger partial charge in [-0.05, 0) is 48.1 Å². The summed E-state index contributed by atoms with van der Waals surface area (Å²) in [6, 6.07) is 15.7. The van der Waals surface area contributed by atoms with Gasteiger partial charge in [0.15, 0.2) is 0 Å². The summed E-state index contributed by atoms with van der Waals surface area (Å²) in [5, 5.41) is 4.81. The zero-order chi connectivity index (χ0) is 23.7. The van der Waals surface area contributed by atoms with Crippen LogP contribution in [0.4, 0.5) is 9.80 Å². The molecule has 2 amide bonds. The number of thiazole rings is 1. The van der Waals surface area contributed by atoms with Gasteiger partial charge in [0.05, 0.1) is 23.9 Å². The summed E-state index contributed by atoms with van der Waals surface area (Å²) in [4.78, 5) is 34.1. The van der Waals surface area contributed by atoms with Gasteiger partial charge in [-0.25, -0.2) is 9.78 Å². The van der Waals surface area contributed by atoms with E-state index in [2.05, 4.69) is 18.3 Å². The molecule has 0 aliphatic carbocycles. The van der Waals surface area contributed by atoms with Crippen molar-refractivity contribution in [2.75, 3.05) is 24.7 Å². The van der Waals surface area contributed by atoms with Crippen LogP contribution in [0, 0.1) is 0 Å². The fourth-order valence-electron chi connectivity index (χ4n) is 4.05. The highest BCUT2D eigenvalue weighted by molar-refractivity contribution is 7.99. The molecular weight excluding hydrogens is 486 g/mol. The molecule has 3 heterocycles. The van der Waals surface area contributed by atoms with E-state index in [4.69, 9.17) is 9.72 Å². The van der Waals surface area contributed by atoms with E-state index in [1.54, 1.807) is 28.0 Å². The van der Waals surface area contributed by atoms with Crippen LogP contribution in [0.15, 0.2) is 53.4 Å². The minimum Gasteiger partial charge on any atom is -0.453 e. The molecule has 2 aromatic carbocycles. The van der Waals surface area contributed by atoms with Gasteiger partial charge >= 0.3 is 6.09 Å². The van der Waals surface area contributed by atoms with E-state index < -0.39 is 0 Å². The second-order valence-corrected chi connectivity index (χ2v) is 11.2. The lowest BCUT2D eigenvalue weighted by Gasteiger charge is -2.25. The van der Waals surface area contributed by atoms with Crippen molar-refractivity contribution in [1.29, 1.82) is 0 Å². The predicted octanol–water partition coefficient (Wildman–Crippen LogP) is 6.51. The number of nitrogens with zero attached hydrogens (tertiary/aromatic N) is 2. The molecule has 34 heavy (non-hydrogen) atoms. The Hall–Kier alpha value is -2.88. The van der Waals surface area contributed by atoms with Crippen molar-refractivity contribution in [2.24, 2.45) is 0 Å². The number of rotatable bonds is 5. The lowest BCUT2D eigenvalue weighted by atomic mass is 10.0. The number of anilines is 1. The summed E-state index contributed by atoms with van der Waals surface area (Å²) in [7, 11) is 1.40. The van der Waals surface area contributed by atoms with Gasteiger partial charge in [0.1, 0.15) is 10.0 Å². The quantitative estimate of drug-likeness (QED) is 0.310. The fourth-order valence-corrected chi connectivity index (χ4v) is 7.14. The summed E-state index contributed by atoms with van der Waals surface area (Å²) in [5.41, 5.74) is 3.68. The monoisotopic (exact) mass is 509 g/mol. The van der Waals surface area contributed by atoms with Gasteiger partial charge in [0.2, 0.25) is 0 Å². The van der Waals surface area contributed by atoms with E-state index in [1.807, 2.05) is 42.5 Å². The Labute approximate surface area is 210 Å². The number of carbonyl (C=O) groups is 2. The molecule has 0 radical (unpaired) electrons. The van der Waals surface area contributed by atoms with Gasteiger partial charge in [-0.3, -0.25) is 4.79 Å². The van der Waals surface area contributed by atoms with E-state index in [-0.39, 0.29) is 12.0 Å². The summed E-state index contributed by atoms with van der Waals surface area (Å²) < 4.78 is 6.03. The van der Waals surface area contributed by atoms with E-state index in [0.717, 1.165) is 46.9 Å². The minimum atomic E-state index is -0.337. The molecule has 4 aromatic rings. The topological polar surface area (TPSA) is 71.5 Å². The molecular formula is C25H23N3O3S3. The average molecular weight is 510 g/mol. The van der Waals surface area contributed by atoms with E-state index in [0.29, 0.717) is 25.1 Å². The van der Waals surface area contributed by atoms with Crippen molar-refractivity contribution in [2.45, 2.75) is 24.8 Å². The number of benzene rings is 2. The molecule has 1 N–H and O–H groups in total. The maximum atomic E-state index is 13.2. The number of thioether (sulfide) groups is 1. The SMILES string of the molecule is CCSc1cccc(C(=O)Nc2sc3c(c2-c2nc4ccccc4s2)CCN(C(=O)OC)C3)c1. The highest BCUT2D eigenvalue weighted by Gasteiger charge is 2.30. The molecule has 1 aliphatic rings. The highest BCUT2D eigenvalue weighted by atomic mass is 32.2. The number of hydrogen-bond acceptors (Lipinski definition) is 7. The number of fused-ring (bicyclic) bond motifs is 2. The number of para-hydroxylation sites is 1. The molecule has 6 nitrogen and oxygen atoms in total. The number of ether oxygens (including phenoxy) is 1. The molecule has 0 saturated heterocycles. The standard InChI is InChI=1S/C25H23N3O3S3/c1-3-32-16-8-6-7-15(13-16)22(29)27-24-21(23-26-18-9-4-5-10-19(18)33-23)17-11-12-28(25(30)31-2)14-20(17)34-24/h4-10,13H,3,11-12,14H2,1-2H3,(H,27,29). The molecule has 0 unspecified atom stereocenters. The Morgan fingerprint density at radius 3 is 2.82 bits per heavy atom. The molecule has 0 spiro atoms. The summed E-state index contributed by atoms with van der Waals surface area (Å²) in [6.07, 6.45) is 0.349. The number of amides is 2. The smallest absolute Gasteiger partial charge is 0.409 e. The first-order valence-corrected chi connectivity index (χ1v) is 13.6. The first kappa shape index (κ1) is 22.9. The summed E-state index contributed by atoms with van der Waals surface area (Å²) >= 11 is 4.84. The van der Waals surface area contributed by atoms with Crippen LogP contribution in [0.1, 0.15) is 27.7 Å². The van der Waals surface area contributed by atoms with Crippen molar-refractivity contribution in [1.82, 2.24) is 9.88 Å². The summed E-state index contributed by atoms with van der Waals surface area (Å²) in [5.74, 6) is 0.797. The Morgan fingerprint density at radius 1 is 1.18 bits per heavy atom. The first-order valence-electron chi connectivity index (χ1n) is 10.9. The van der Waals surface area contributed by atoms with Crippen molar-refractivity contribution in [3.63, 3.8) is 0 Å². The Balaban J connectivity index is 1.54. The van der Waals surface area contributed by atoms with Gasteiger partial charge in [0, 0.05) is 27.4 Å². The van der Waals surface area contributed by atoms with Crippen LogP contribution in [0.25, 0.3) is 20.8 Å². The normalized spacial score (nSPS) is 13.1. The molecule has 2 aromatic heterocycles. The second-order valence-electron chi connectivity index (χ2n) is 7.75. The number of thiophene rings is 1. The minimum absolute atomic E-state index is 0.149. The molecule has 0 bridgehead atoms. The third-order valence-electron chi connectivity index (χ3n) is 5.63. The molecule has 1 aliphatic heterocycles. The van der Waals surface area contributed by atoms with Gasteiger partial charge < -0.3 is 15.0 Å². The van der Waals surface area contributed by atoms with E-state index in [1.165, 1.54) is 18.4 Å². The van der Waals surface area contributed by atoms with Crippen molar-refractivity contribution >= 4 is 61.7 Å². The van der Waals surface area contributed by atoms with Crippen LogP contribution < -0.4 is 5.32 Å². The van der Waals surface area contributed by atoms with Crippen LogP contribution in [0.3, 0.4) is 0 Å². The highest BCUT2D eigenvalue weighted by Crippen LogP contribution is 2.46. The number of carbonyl (C=O) groups excluding carboxylic acids is 2. The zero-order valence-electron chi connectivity index (χ0n) is 18.8. The lowest BCUT2D eigenvalue weighted by Crippen LogP contribution is -2.35. The second kappa shape index (κ2) is 9.77. The van der Waals surface area contributed by atoms with E-state index >= 15 is 0 Å². The van der Waals surface area contributed by atoms with Crippen molar-refractivity contribution < 1.29 is 14.3 Å². The van der Waals surface area contributed by atoms with Crippen molar-refractivity contribution in [3.05, 3.63) is 64.5 Å². The number of methoxy groups -OCH3 is 1. The molecule has 9 heteroatoms. The zero-order valence-corrected chi connectivity index (χ0v) is 21.2. The molecule has 0 saturated carbocycles. The van der Waals surface area contributed by atoms with E-state index in [9.17, 15) is 9.59 Å². The lowest BCUT2D eigenvalue weighted by molar-refractivity contribution is 0.102. The largest absolute Gasteiger partial charge is 0.453 e. The van der Waals surface area contributed by atoms with Crippen LogP contribution in [0.2, 0.25) is 0 Å². The molecule has 0 atom stereocenters. The summed E-state index contributed by atoms with van der Waals surface area (Å²) in [6.45, 7) is 3.12. The molecule has 5 rings (SSSR count). The Morgan fingerprint density at radius 2 is 2.03 bits per heavy atom. The van der Waals surface area contributed by atoms with Crippen LogP contribution in [-0.4, -0.2) is 41.3 Å². The third-order valence-corrected chi connectivity index (χ3v) is 8.69. The van der Waals surface area contributed by atoms with Crippen LogP contribution >= 0.6 is 34.4 Å². The van der Waals surface area contributed by atoms with Gasteiger partial charge in [-0.15, -0.1) is 34.4 Å². The Kier molecular flexibility index (Phi) is 6.58. The maximum absolute atomic E-state index is 13.2. The van der Waals surface area contributed by atoms with Gasteiger partial charge in [-0.1, -0.05) is 25.1 Å². The molecule has 174 valence electrons. The third kappa shape index (κ3) is 4.43. The maximum Gasteiger partial charge on any atom is 0.409 e. The Bertz CT molecular complexity index is 1350. The van der Waals surface area contributed by atoms with Crippen LogP contribution in [0.5, 0.6) is 0 Å². The number of hydrogen-bond donors (Lipinski definition) is 1. The van der Waals surface area contributed by atoms with Gasteiger partial charge in [-0.2, -0.15) is 0 Å². The van der Waals surface area contributed by atoms with Crippen molar-refractivity contribution in [3.8, 4) is 10.6 Å². The number of nitrogens with one attached hydrogen (secondary N) is 1. The van der Waals surface area contributed by atoms with Gasteiger partial charge in [0.25, 0.3) is 5.91 Å². The predicted molar refractivity (Wildman–Crippen MR) is 140 cm³/mol.